The number of fused-ring (bicyclic) bond motifs is 1. The number of nitrogens with zero attached hydrogens (tertiary/aromatic N) is 3. The number of thioether (sulfide) groups is 1. The average Bonchev–Trinajstić information content (AvgIpc) is 2.80. The van der Waals surface area contributed by atoms with Crippen molar-refractivity contribution >= 4 is 17.3 Å². The molecule has 5 nitrogen and oxygen atoms in total. The third-order valence-corrected chi connectivity index (χ3v) is 3.73. The van der Waals surface area contributed by atoms with Gasteiger partial charge in [-0.25, -0.2) is 9.50 Å². The van der Waals surface area contributed by atoms with Crippen molar-refractivity contribution in [2.24, 2.45) is 0 Å². The van der Waals surface area contributed by atoms with Crippen LogP contribution in [0.2, 0.25) is 0 Å². The van der Waals surface area contributed by atoms with Crippen LogP contribution in [0, 0.1) is 0 Å². The van der Waals surface area contributed by atoms with Crippen molar-refractivity contribution < 1.29 is 10.2 Å². The molecule has 1 unspecified atom stereocenters. The van der Waals surface area contributed by atoms with Gasteiger partial charge in [-0.1, -0.05) is 13.8 Å². The number of rotatable bonds is 5. The summed E-state index contributed by atoms with van der Waals surface area (Å²) in [5, 5.41) is 23.5. The number of aliphatic hydroxyl groups excluding tert-OH is 2. The van der Waals surface area contributed by atoms with Crippen LogP contribution in [0.5, 0.6) is 0 Å². The lowest BCUT2D eigenvalue weighted by Crippen LogP contribution is -2.14. The van der Waals surface area contributed by atoms with Crippen molar-refractivity contribution in [2.45, 2.75) is 30.9 Å². The van der Waals surface area contributed by atoms with Gasteiger partial charge in [0, 0.05) is 18.1 Å². The van der Waals surface area contributed by atoms with Crippen LogP contribution >= 0.6 is 11.8 Å². The summed E-state index contributed by atoms with van der Waals surface area (Å²) >= 11 is 1.43. The predicted molar refractivity (Wildman–Crippen MR) is 70.9 cm³/mol. The minimum atomic E-state index is -0.718. The van der Waals surface area contributed by atoms with Gasteiger partial charge in [0.1, 0.15) is 5.03 Å². The molecular formula is C12H17N3O2S. The van der Waals surface area contributed by atoms with E-state index >= 15 is 0 Å². The molecule has 2 heterocycles. The Balaban J connectivity index is 2.27. The second kappa shape index (κ2) is 5.69. The molecule has 1 atom stereocenters. The highest BCUT2D eigenvalue weighted by Crippen LogP contribution is 2.24. The zero-order chi connectivity index (χ0) is 13.1. The quantitative estimate of drug-likeness (QED) is 0.799. The number of hydrogen-bond donors (Lipinski definition) is 2. The van der Waals surface area contributed by atoms with Crippen LogP contribution < -0.4 is 0 Å². The molecule has 0 aliphatic rings. The molecule has 18 heavy (non-hydrogen) atoms. The molecule has 0 radical (unpaired) electrons. The van der Waals surface area contributed by atoms with Crippen molar-refractivity contribution in [1.29, 1.82) is 0 Å². The summed E-state index contributed by atoms with van der Waals surface area (Å²) in [5.41, 5.74) is 1.96. The fraction of sp³-hybridized carbons (Fsp3) is 0.500. The molecule has 2 aromatic heterocycles. The Kier molecular flexibility index (Phi) is 4.21. The van der Waals surface area contributed by atoms with Gasteiger partial charge in [0.25, 0.3) is 0 Å². The van der Waals surface area contributed by atoms with Crippen molar-refractivity contribution in [1.82, 2.24) is 14.6 Å². The number of aromatic nitrogens is 3. The van der Waals surface area contributed by atoms with Crippen LogP contribution in [0.4, 0.5) is 0 Å². The Bertz CT molecular complexity index is 527. The monoisotopic (exact) mass is 267 g/mol. The summed E-state index contributed by atoms with van der Waals surface area (Å²) in [4.78, 5) is 4.30. The topological polar surface area (TPSA) is 70.7 Å². The average molecular weight is 267 g/mol. The summed E-state index contributed by atoms with van der Waals surface area (Å²) in [6, 6.07) is 2.02. The fourth-order valence-electron chi connectivity index (χ4n) is 1.54. The van der Waals surface area contributed by atoms with Gasteiger partial charge in [-0.3, -0.25) is 0 Å². The first kappa shape index (κ1) is 13.3. The molecule has 2 N–H and O–H groups in total. The standard InChI is InChI=1S/C12H17N3O2S/c1-8(2)10-5-11-12(18-7-9(17)6-16)13-3-4-15(11)14-10/h3-5,8-9,16-17H,6-7H2,1-2H3. The lowest BCUT2D eigenvalue weighted by atomic mass is 10.1. The Labute approximate surface area is 110 Å². The van der Waals surface area contributed by atoms with Crippen LogP contribution in [-0.4, -0.2) is 43.3 Å². The van der Waals surface area contributed by atoms with Gasteiger partial charge < -0.3 is 10.2 Å². The molecule has 2 aromatic rings. The third-order valence-electron chi connectivity index (χ3n) is 2.59. The van der Waals surface area contributed by atoms with Crippen molar-refractivity contribution in [2.75, 3.05) is 12.4 Å². The summed E-state index contributed by atoms with van der Waals surface area (Å²) in [5.74, 6) is 0.788. The molecule has 0 aliphatic carbocycles. The number of aliphatic hydroxyl groups is 2. The van der Waals surface area contributed by atoms with E-state index in [1.807, 2.05) is 12.3 Å². The van der Waals surface area contributed by atoms with E-state index < -0.39 is 6.10 Å². The van der Waals surface area contributed by atoms with E-state index in [0.717, 1.165) is 16.2 Å². The van der Waals surface area contributed by atoms with Gasteiger partial charge in [0.2, 0.25) is 0 Å². The summed E-state index contributed by atoms with van der Waals surface area (Å²) in [6.45, 7) is 3.96. The van der Waals surface area contributed by atoms with Crippen LogP contribution in [-0.2, 0) is 0 Å². The second-order valence-electron chi connectivity index (χ2n) is 4.43. The zero-order valence-electron chi connectivity index (χ0n) is 10.4. The van der Waals surface area contributed by atoms with Crippen molar-refractivity contribution in [3.05, 3.63) is 24.2 Å². The highest BCUT2D eigenvalue weighted by molar-refractivity contribution is 7.99. The first-order valence-electron chi connectivity index (χ1n) is 5.87. The maximum absolute atomic E-state index is 9.36. The molecule has 0 amide bonds. The molecule has 0 bridgehead atoms. The van der Waals surface area contributed by atoms with Gasteiger partial charge in [-0.2, -0.15) is 5.10 Å². The molecule has 0 saturated carbocycles. The second-order valence-corrected chi connectivity index (χ2v) is 5.44. The molecule has 0 aliphatic heterocycles. The lowest BCUT2D eigenvalue weighted by Gasteiger charge is -2.06. The summed E-state index contributed by atoms with van der Waals surface area (Å²) < 4.78 is 1.80. The van der Waals surface area contributed by atoms with Gasteiger partial charge in [-0.15, -0.1) is 11.8 Å². The van der Waals surface area contributed by atoms with Crippen molar-refractivity contribution in [3.8, 4) is 0 Å². The Hall–Kier alpha value is -1.11. The van der Waals surface area contributed by atoms with E-state index in [-0.39, 0.29) is 6.61 Å². The smallest absolute Gasteiger partial charge is 0.122 e. The van der Waals surface area contributed by atoms with Gasteiger partial charge in [-0.05, 0) is 12.0 Å². The molecule has 6 heteroatoms. The Morgan fingerprint density at radius 2 is 2.22 bits per heavy atom. The van der Waals surface area contributed by atoms with Gasteiger partial charge >= 0.3 is 0 Å². The summed E-state index contributed by atoms with van der Waals surface area (Å²) in [6.07, 6.45) is 2.79. The van der Waals surface area contributed by atoms with Crippen molar-refractivity contribution in [3.63, 3.8) is 0 Å². The largest absolute Gasteiger partial charge is 0.394 e. The van der Waals surface area contributed by atoms with E-state index in [2.05, 4.69) is 23.9 Å². The molecule has 0 fully saturated rings. The fourth-order valence-corrected chi connectivity index (χ4v) is 2.43. The van der Waals surface area contributed by atoms with E-state index in [1.165, 1.54) is 11.8 Å². The minimum Gasteiger partial charge on any atom is -0.394 e. The Morgan fingerprint density at radius 3 is 2.89 bits per heavy atom. The van der Waals surface area contributed by atoms with E-state index in [0.29, 0.717) is 11.7 Å². The summed E-state index contributed by atoms with van der Waals surface area (Å²) in [7, 11) is 0. The minimum absolute atomic E-state index is 0.230. The van der Waals surface area contributed by atoms with Gasteiger partial charge in [0.05, 0.1) is 23.9 Å². The van der Waals surface area contributed by atoms with Crippen LogP contribution in [0.15, 0.2) is 23.5 Å². The van der Waals surface area contributed by atoms with E-state index in [4.69, 9.17) is 5.11 Å². The van der Waals surface area contributed by atoms with E-state index in [1.54, 1.807) is 10.7 Å². The first-order valence-corrected chi connectivity index (χ1v) is 6.86. The third kappa shape index (κ3) is 2.82. The molecule has 2 rings (SSSR count). The maximum atomic E-state index is 9.36. The highest BCUT2D eigenvalue weighted by atomic mass is 32.2. The Morgan fingerprint density at radius 1 is 1.44 bits per heavy atom. The first-order chi connectivity index (χ1) is 8.61. The molecule has 0 saturated heterocycles. The predicted octanol–water partition coefficient (Wildman–Crippen LogP) is 1.30. The van der Waals surface area contributed by atoms with Gasteiger partial charge in [0.15, 0.2) is 0 Å². The maximum Gasteiger partial charge on any atom is 0.122 e. The molecule has 98 valence electrons. The SMILES string of the molecule is CC(C)c1cc2c(SCC(O)CO)nccn2n1. The molecular weight excluding hydrogens is 250 g/mol. The van der Waals surface area contributed by atoms with Crippen LogP contribution in [0.1, 0.15) is 25.5 Å². The molecule has 0 aromatic carbocycles. The zero-order valence-corrected chi connectivity index (χ0v) is 11.3. The van der Waals surface area contributed by atoms with Crippen LogP contribution in [0.3, 0.4) is 0 Å². The van der Waals surface area contributed by atoms with Crippen LogP contribution in [0.25, 0.3) is 5.52 Å². The lowest BCUT2D eigenvalue weighted by molar-refractivity contribution is 0.113. The van der Waals surface area contributed by atoms with E-state index in [9.17, 15) is 5.11 Å². The number of hydrogen-bond acceptors (Lipinski definition) is 5. The molecule has 0 spiro atoms. The highest BCUT2D eigenvalue weighted by Gasteiger charge is 2.11. The normalized spacial score (nSPS) is 13.4.